The maximum absolute atomic E-state index is 11.8. The van der Waals surface area contributed by atoms with Crippen LogP contribution in [0.5, 0.6) is 0 Å². The van der Waals surface area contributed by atoms with Crippen molar-refractivity contribution in [2.75, 3.05) is 7.11 Å². The first-order valence-electron chi connectivity index (χ1n) is 6.15. The van der Waals surface area contributed by atoms with Crippen LogP contribution in [-0.4, -0.2) is 19.1 Å². The second-order valence-electron chi connectivity index (χ2n) is 4.69. The molecule has 5 heteroatoms. The fourth-order valence-corrected chi connectivity index (χ4v) is 1.63. The van der Waals surface area contributed by atoms with Crippen LogP contribution in [0.2, 0.25) is 0 Å². The summed E-state index contributed by atoms with van der Waals surface area (Å²) in [6.45, 7) is 4.90. The third-order valence-corrected chi connectivity index (χ3v) is 2.89. The van der Waals surface area contributed by atoms with Crippen LogP contribution in [0.4, 0.5) is 0 Å². The lowest BCUT2D eigenvalue weighted by molar-refractivity contribution is -0.123. The van der Waals surface area contributed by atoms with E-state index in [1.54, 1.807) is 7.11 Å². The maximum atomic E-state index is 11.8. The zero-order chi connectivity index (χ0) is 13.5. The highest BCUT2D eigenvalue weighted by Crippen LogP contribution is 2.09. The minimum absolute atomic E-state index is 0. The molecule has 19 heavy (non-hydrogen) atoms. The predicted octanol–water partition coefficient (Wildman–Crippen LogP) is 1.85. The minimum atomic E-state index is -0.459. The molecule has 0 fully saturated rings. The van der Waals surface area contributed by atoms with Crippen molar-refractivity contribution in [1.29, 1.82) is 0 Å². The van der Waals surface area contributed by atoms with Crippen molar-refractivity contribution in [3.8, 4) is 0 Å². The number of amides is 1. The molecular weight excluding hydrogens is 264 g/mol. The lowest BCUT2D eigenvalue weighted by Gasteiger charge is -2.16. The van der Waals surface area contributed by atoms with Gasteiger partial charge in [-0.3, -0.25) is 4.79 Å². The largest absolute Gasteiger partial charge is 0.380 e. The molecule has 0 saturated heterocycles. The molecule has 3 N–H and O–H groups in total. The lowest BCUT2D eigenvalue weighted by atomic mass is 10.0. The number of nitrogens with two attached hydrogens (primary N) is 1. The Balaban J connectivity index is 0.00000324. The molecule has 0 heterocycles. The van der Waals surface area contributed by atoms with Crippen LogP contribution in [0.25, 0.3) is 0 Å². The SMILES string of the molecule is COCc1ccccc1CNC(=O)C(N)C(C)C.Cl. The summed E-state index contributed by atoms with van der Waals surface area (Å²) in [5.74, 6) is 0.0245. The van der Waals surface area contributed by atoms with E-state index in [0.29, 0.717) is 13.2 Å². The van der Waals surface area contributed by atoms with Gasteiger partial charge in [-0.25, -0.2) is 0 Å². The van der Waals surface area contributed by atoms with Crippen molar-refractivity contribution in [2.24, 2.45) is 11.7 Å². The highest BCUT2D eigenvalue weighted by molar-refractivity contribution is 5.85. The Morgan fingerprint density at radius 2 is 1.89 bits per heavy atom. The zero-order valence-corrected chi connectivity index (χ0v) is 12.5. The van der Waals surface area contributed by atoms with Crippen molar-refractivity contribution in [3.63, 3.8) is 0 Å². The van der Waals surface area contributed by atoms with Crippen molar-refractivity contribution in [1.82, 2.24) is 5.32 Å². The molecule has 0 aromatic heterocycles. The van der Waals surface area contributed by atoms with Crippen molar-refractivity contribution >= 4 is 18.3 Å². The first-order chi connectivity index (χ1) is 8.56. The molecule has 1 aromatic carbocycles. The summed E-state index contributed by atoms with van der Waals surface area (Å²) in [7, 11) is 1.66. The molecule has 1 aromatic rings. The van der Waals surface area contributed by atoms with Gasteiger partial charge in [-0.1, -0.05) is 38.1 Å². The normalized spacial score (nSPS) is 11.8. The summed E-state index contributed by atoms with van der Waals surface area (Å²) < 4.78 is 5.12. The first kappa shape index (κ1) is 17.9. The van der Waals surface area contributed by atoms with E-state index in [1.807, 2.05) is 38.1 Å². The molecule has 1 unspecified atom stereocenters. The zero-order valence-electron chi connectivity index (χ0n) is 11.7. The van der Waals surface area contributed by atoms with Crippen molar-refractivity contribution in [3.05, 3.63) is 35.4 Å². The van der Waals surface area contributed by atoms with Gasteiger partial charge >= 0.3 is 0 Å². The molecule has 0 aliphatic carbocycles. The van der Waals surface area contributed by atoms with Crippen LogP contribution in [-0.2, 0) is 22.7 Å². The molecule has 4 nitrogen and oxygen atoms in total. The van der Waals surface area contributed by atoms with Gasteiger partial charge in [0.1, 0.15) is 0 Å². The van der Waals surface area contributed by atoms with Gasteiger partial charge in [-0.2, -0.15) is 0 Å². The topological polar surface area (TPSA) is 64.3 Å². The van der Waals surface area contributed by atoms with Crippen LogP contribution < -0.4 is 11.1 Å². The number of benzene rings is 1. The van der Waals surface area contributed by atoms with Crippen LogP contribution in [0.3, 0.4) is 0 Å². The molecule has 0 radical (unpaired) electrons. The van der Waals surface area contributed by atoms with E-state index in [1.165, 1.54) is 0 Å². The molecule has 0 saturated carbocycles. The highest BCUT2D eigenvalue weighted by Gasteiger charge is 2.16. The number of hydrogen-bond acceptors (Lipinski definition) is 3. The van der Waals surface area contributed by atoms with Gasteiger partial charge in [0.25, 0.3) is 0 Å². The number of rotatable bonds is 6. The smallest absolute Gasteiger partial charge is 0.237 e. The third kappa shape index (κ3) is 5.59. The number of hydrogen-bond donors (Lipinski definition) is 2. The Morgan fingerprint density at radius 1 is 1.32 bits per heavy atom. The number of halogens is 1. The second-order valence-corrected chi connectivity index (χ2v) is 4.69. The first-order valence-corrected chi connectivity index (χ1v) is 6.15. The monoisotopic (exact) mass is 286 g/mol. The quantitative estimate of drug-likeness (QED) is 0.839. The number of carbonyl (C=O) groups excluding carboxylic acids is 1. The lowest BCUT2D eigenvalue weighted by Crippen LogP contribution is -2.43. The Morgan fingerprint density at radius 3 is 2.42 bits per heavy atom. The van der Waals surface area contributed by atoms with Gasteiger partial charge in [-0.05, 0) is 17.0 Å². The molecule has 1 amide bonds. The van der Waals surface area contributed by atoms with Crippen LogP contribution in [0.1, 0.15) is 25.0 Å². The molecule has 108 valence electrons. The second kappa shape index (κ2) is 8.91. The van der Waals surface area contributed by atoms with E-state index in [2.05, 4.69) is 5.32 Å². The summed E-state index contributed by atoms with van der Waals surface area (Å²) in [5.41, 5.74) is 7.92. The van der Waals surface area contributed by atoms with Crippen LogP contribution in [0.15, 0.2) is 24.3 Å². The van der Waals surface area contributed by atoms with Gasteiger partial charge in [0.15, 0.2) is 0 Å². The van der Waals surface area contributed by atoms with E-state index in [0.717, 1.165) is 11.1 Å². The summed E-state index contributed by atoms with van der Waals surface area (Å²) in [5, 5.41) is 2.86. The molecule has 0 bridgehead atoms. The van der Waals surface area contributed by atoms with Crippen LogP contribution in [0, 0.1) is 5.92 Å². The Labute approximate surface area is 121 Å². The summed E-state index contributed by atoms with van der Waals surface area (Å²) >= 11 is 0. The number of methoxy groups -OCH3 is 1. The molecule has 1 rings (SSSR count). The molecule has 1 atom stereocenters. The molecule has 0 aliphatic heterocycles. The number of nitrogens with one attached hydrogen (secondary N) is 1. The summed E-state index contributed by atoms with van der Waals surface area (Å²) in [6.07, 6.45) is 0. The molecular formula is C14H23ClN2O2. The van der Waals surface area contributed by atoms with E-state index in [-0.39, 0.29) is 24.2 Å². The Kier molecular flexibility index (Phi) is 8.39. The van der Waals surface area contributed by atoms with Gasteiger partial charge in [0.05, 0.1) is 12.6 Å². The van der Waals surface area contributed by atoms with E-state index in [4.69, 9.17) is 10.5 Å². The average Bonchev–Trinajstić information content (AvgIpc) is 2.36. The highest BCUT2D eigenvalue weighted by atomic mass is 35.5. The Hall–Kier alpha value is -1.10. The minimum Gasteiger partial charge on any atom is -0.380 e. The predicted molar refractivity (Wildman–Crippen MR) is 79.1 cm³/mol. The molecule has 0 aliphatic rings. The van der Waals surface area contributed by atoms with Gasteiger partial charge in [0.2, 0.25) is 5.91 Å². The number of carbonyl (C=O) groups is 1. The molecule has 0 spiro atoms. The van der Waals surface area contributed by atoms with Gasteiger partial charge < -0.3 is 15.8 Å². The standard InChI is InChI=1S/C14H22N2O2.ClH/c1-10(2)13(15)14(17)16-8-11-6-4-5-7-12(11)9-18-3;/h4-7,10,13H,8-9,15H2,1-3H3,(H,16,17);1H. The van der Waals surface area contributed by atoms with Gasteiger partial charge in [0, 0.05) is 13.7 Å². The Bertz CT molecular complexity index is 397. The van der Waals surface area contributed by atoms with Crippen molar-refractivity contribution < 1.29 is 9.53 Å². The van der Waals surface area contributed by atoms with E-state index < -0.39 is 6.04 Å². The fourth-order valence-electron chi connectivity index (χ4n) is 1.63. The van der Waals surface area contributed by atoms with Crippen LogP contribution >= 0.6 is 12.4 Å². The summed E-state index contributed by atoms with van der Waals surface area (Å²) in [6, 6.07) is 7.42. The fraction of sp³-hybridized carbons (Fsp3) is 0.500. The van der Waals surface area contributed by atoms with E-state index in [9.17, 15) is 4.79 Å². The van der Waals surface area contributed by atoms with Crippen molar-refractivity contribution in [2.45, 2.75) is 33.0 Å². The van der Waals surface area contributed by atoms with E-state index >= 15 is 0 Å². The average molecular weight is 287 g/mol. The summed E-state index contributed by atoms with van der Waals surface area (Å²) in [4.78, 5) is 11.8. The maximum Gasteiger partial charge on any atom is 0.237 e. The third-order valence-electron chi connectivity index (χ3n) is 2.89. The van der Waals surface area contributed by atoms with Gasteiger partial charge in [-0.15, -0.1) is 12.4 Å². The number of ether oxygens (including phenoxy) is 1.